The van der Waals surface area contributed by atoms with Crippen molar-refractivity contribution in [2.24, 2.45) is 0 Å². The summed E-state index contributed by atoms with van der Waals surface area (Å²) in [4.78, 5) is 35.1. The number of carbonyl (C=O) groups is 3. The molecule has 1 aromatic carbocycles. The fourth-order valence-electron chi connectivity index (χ4n) is 2.01. The molecule has 1 rings (SSSR count). The number of hydrogen-bond donors (Lipinski definition) is 1. The largest absolute Gasteiger partial charge is 0.467 e. The van der Waals surface area contributed by atoms with E-state index in [9.17, 15) is 14.4 Å². The molecule has 0 bridgehead atoms. The number of carbonyl (C=O) groups excluding carboxylic acids is 3. The number of rotatable bonds is 8. The Labute approximate surface area is 129 Å². The van der Waals surface area contributed by atoms with E-state index in [1.807, 2.05) is 6.07 Å². The van der Waals surface area contributed by atoms with Gasteiger partial charge in [-0.15, -0.1) is 0 Å². The van der Waals surface area contributed by atoms with Crippen LogP contribution in [-0.4, -0.2) is 37.9 Å². The van der Waals surface area contributed by atoms with E-state index < -0.39 is 24.0 Å². The van der Waals surface area contributed by atoms with Crippen LogP contribution in [0.1, 0.15) is 31.4 Å². The van der Waals surface area contributed by atoms with Crippen molar-refractivity contribution in [1.29, 1.82) is 0 Å². The van der Waals surface area contributed by atoms with Gasteiger partial charge >= 0.3 is 5.97 Å². The first kappa shape index (κ1) is 17.8. The molecule has 2 atom stereocenters. The summed E-state index contributed by atoms with van der Waals surface area (Å²) in [5.41, 5.74) is 0.678. The number of benzene rings is 1. The fourth-order valence-corrected chi connectivity index (χ4v) is 2.01. The normalized spacial score (nSPS) is 13.0. The van der Waals surface area contributed by atoms with Crippen LogP contribution in [0.4, 0.5) is 0 Å². The van der Waals surface area contributed by atoms with Crippen molar-refractivity contribution >= 4 is 17.7 Å². The zero-order valence-electron chi connectivity index (χ0n) is 13.0. The van der Waals surface area contributed by atoms with Crippen LogP contribution in [0.15, 0.2) is 30.3 Å². The molecule has 0 saturated heterocycles. The van der Waals surface area contributed by atoms with Crippen molar-refractivity contribution in [3.8, 4) is 0 Å². The summed E-state index contributed by atoms with van der Waals surface area (Å²) in [5.74, 6) is -1.10. The molecule has 120 valence electrons. The maximum absolute atomic E-state index is 12.3. The van der Waals surface area contributed by atoms with Gasteiger partial charge in [0.25, 0.3) is 5.91 Å². The van der Waals surface area contributed by atoms with Gasteiger partial charge in [-0.2, -0.15) is 0 Å². The van der Waals surface area contributed by atoms with Gasteiger partial charge in [-0.05, 0) is 18.9 Å². The van der Waals surface area contributed by atoms with Crippen molar-refractivity contribution in [2.75, 3.05) is 14.2 Å². The fraction of sp³-hybridized carbons (Fsp3) is 0.438. The lowest BCUT2D eigenvalue weighted by molar-refractivity contribution is -0.147. The summed E-state index contributed by atoms with van der Waals surface area (Å²) in [6.45, 7) is 1.43. The van der Waals surface area contributed by atoms with Gasteiger partial charge in [-0.25, -0.2) is 4.79 Å². The number of esters is 1. The van der Waals surface area contributed by atoms with Crippen molar-refractivity contribution in [2.45, 2.75) is 31.9 Å². The highest BCUT2D eigenvalue weighted by Crippen LogP contribution is 2.17. The lowest BCUT2D eigenvalue weighted by atomic mass is 10.1. The molecule has 1 amide bonds. The second kappa shape index (κ2) is 8.94. The van der Waals surface area contributed by atoms with Crippen LogP contribution in [0, 0.1) is 0 Å². The molecule has 0 aromatic heterocycles. The first-order chi connectivity index (χ1) is 10.5. The van der Waals surface area contributed by atoms with Crippen LogP contribution in [0.3, 0.4) is 0 Å². The Balaban J connectivity index is 2.79. The molecule has 0 fully saturated rings. The van der Waals surface area contributed by atoms with E-state index in [1.54, 1.807) is 24.3 Å². The van der Waals surface area contributed by atoms with E-state index in [0.29, 0.717) is 5.56 Å². The highest BCUT2D eigenvalue weighted by Gasteiger charge is 2.27. The maximum Gasteiger partial charge on any atom is 0.328 e. The quantitative estimate of drug-likeness (QED) is 0.734. The Bertz CT molecular complexity index is 515. The zero-order valence-corrected chi connectivity index (χ0v) is 13.0. The van der Waals surface area contributed by atoms with E-state index in [0.717, 1.165) is 0 Å². The third-order valence-electron chi connectivity index (χ3n) is 3.16. The molecule has 6 heteroatoms. The van der Waals surface area contributed by atoms with Crippen molar-refractivity contribution in [3.63, 3.8) is 0 Å². The monoisotopic (exact) mass is 307 g/mol. The van der Waals surface area contributed by atoms with Crippen molar-refractivity contribution in [1.82, 2.24) is 5.32 Å². The van der Waals surface area contributed by atoms with Gasteiger partial charge in [0.15, 0.2) is 6.10 Å². The predicted molar refractivity (Wildman–Crippen MR) is 80.1 cm³/mol. The van der Waals surface area contributed by atoms with Gasteiger partial charge in [-0.3, -0.25) is 4.79 Å². The van der Waals surface area contributed by atoms with Gasteiger partial charge in [0.1, 0.15) is 11.8 Å². The second-order valence-corrected chi connectivity index (χ2v) is 4.85. The van der Waals surface area contributed by atoms with Crippen LogP contribution in [0.5, 0.6) is 0 Å². The van der Waals surface area contributed by atoms with Gasteiger partial charge in [0.05, 0.1) is 7.11 Å². The van der Waals surface area contributed by atoms with E-state index in [1.165, 1.54) is 21.1 Å². The molecule has 0 unspecified atom stereocenters. The first-order valence-corrected chi connectivity index (χ1v) is 6.95. The Morgan fingerprint density at radius 3 is 2.27 bits per heavy atom. The molecule has 0 radical (unpaired) electrons. The molecular weight excluding hydrogens is 286 g/mol. The third kappa shape index (κ3) is 5.29. The summed E-state index contributed by atoms with van der Waals surface area (Å²) < 4.78 is 9.87. The molecule has 0 aliphatic heterocycles. The number of hydrogen-bond acceptors (Lipinski definition) is 5. The van der Waals surface area contributed by atoms with Gasteiger partial charge in [0.2, 0.25) is 0 Å². The number of nitrogens with one attached hydrogen (secondary N) is 1. The number of ketones is 1. The molecule has 0 aliphatic rings. The smallest absolute Gasteiger partial charge is 0.328 e. The van der Waals surface area contributed by atoms with Crippen LogP contribution >= 0.6 is 0 Å². The van der Waals surface area contributed by atoms with Gasteiger partial charge in [0, 0.05) is 13.5 Å². The molecule has 0 saturated carbocycles. The van der Waals surface area contributed by atoms with Crippen LogP contribution in [-0.2, 0) is 23.9 Å². The minimum atomic E-state index is -0.872. The number of methoxy groups -OCH3 is 2. The summed E-state index contributed by atoms with van der Waals surface area (Å²) in [6.07, 6.45) is -0.451. The lowest BCUT2D eigenvalue weighted by Crippen LogP contribution is -2.44. The molecule has 1 N–H and O–H groups in total. The van der Waals surface area contributed by atoms with E-state index in [-0.39, 0.29) is 18.6 Å². The topological polar surface area (TPSA) is 81.7 Å². The van der Waals surface area contributed by atoms with Gasteiger partial charge in [-0.1, -0.05) is 30.3 Å². The Kier molecular flexibility index (Phi) is 7.25. The Morgan fingerprint density at radius 2 is 1.77 bits per heavy atom. The van der Waals surface area contributed by atoms with E-state index in [2.05, 4.69) is 10.1 Å². The first-order valence-electron chi connectivity index (χ1n) is 6.95. The highest BCUT2D eigenvalue weighted by molar-refractivity contribution is 5.88. The lowest BCUT2D eigenvalue weighted by Gasteiger charge is -2.20. The SMILES string of the molecule is COC(=O)[C@H](CCC(C)=O)NC(=O)[C@@H](OC)c1ccccc1. The summed E-state index contributed by atoms with van der Waals surface area (Å²) in [5, 5.41) is 2.58. The Morgan fingerprint density at radius 1 is 1.14 bits per heavy atom. The highest BCUT2D eigenvalue weighted by atomic mass is 16.5. The molecule has 0 heterocycles. The minimum Gasteiger partial charge on any atom is -0.467 e. The molecule has 1 aromatic rings. The average Bonchev–Trinajstić information content (AvgIpc) is 2.52. The number of ether oxygens (including phenoxy) is 2. The van der Waals surface area contributed by atoms with Crippen molar-refractivity contribution in [3.05, 3.63) is 35.9 Å². The van der Waals surface area contributed by atoms with Crippen LogP contribution < -0.4 is 5.32 Å². The second-order valence-electron chi connectivity index (χ2n) is 4.85. The van der Waals surface area contributed by atoms with E-state index >= 15 is 0 Å². The van der Waals surface area contributed by atoms with Crippen LogP contribution in [0.2, 0.25) is 0 Å². The third-order valence-corrected chi connectivity index (χ3v) is 3.16. The number of amides is 1. The minimum absolute atomic E-state index is 0.0606. The summed E-state index contributed by atoms with van der Waals surface area (Å²) in [6, 6.07) is 8.07. The molecular formula is C16H21NO5. The Hall–Kier alpha value is -2.21. The summed E-state index contributed by atoms with van der Waals surface area (Å²) >= 11 is 0. The summed E-state index contributed by atoms with van der Waals surface area (Å²) in [7, 11) is 2.65. The van der Waals surface area contributed by atoms with E-state index in [4.69, 9.17) is 4.74 Å². The predicted octanol–water partition coefficient (Wildman–Crippen LogP) is 1.40. The molecule has 22 heavy (non-hydrogen) atoms. The van der Waals surface area contributed by atoms with Crippen LogP contribution in [0.25, 0.3) is 0 Å². The standard InChI is InChI=1S/C16H21NO5/c1-11(18)9-10-13(16(20)22-3)17-15(19)14(21-2)12-7-5-4-6-8-12/h4-8,13-14H,9-10H2,1-3H3,(H,17,19)/t13-,14-/m0/s1. The molecule has 0 spiro atoms. The number of Topliss-reactive ketones (excluding diaryl/α,β-unsaturated/α-hetero) is 1. The average molecular weight is 307 g/mol. The molecule has 6 nitrogen and oxygen atoms in total. The van der Waals surface area contributed by atoms with Gasteiger partial charge < -0.3 is 19.6 Å². The maximum atomic E-state index is 12.3. The zero-order chi connectivity index (χ0) is 16.5. The van der Waals surface area contributed by atoms with Crippen molar-refractivity contribution < 1.29 is 23.9 Å². The molecule has 0 aliphatic carbocycles.